The van der Waals surface area contributed by atoms with Crippen molar-refractivity contribution in [2.24, 2.45) is 5.92 Å². The van der Waals surface area contributed by atoms with Gasteiger partial charge in [0.05, 0.1) is 0 Å². The molecule has 1 aliphatic rings. The first kappa shape index (κ1) is 20.3. The van der Waals surface area contributed by atoms with Gasteiger partial charge in [0.1, 0.15) is 0 Å². The highest BCUT2D eigenvalue weighted by Crippen LogP contribution is 2.27. The average Bonchev–Trinajstić information content (AvgIpc) is 2.65. The third kappa shape index (κ3) is 5.52. The molecule has 6 heteroatoms. The Kier molecular flexibility index (Phi) is 6.98. The van der Waals surface area contributed by atoms with Gasteiger partial charge in [-0.2, -0.15) is 0 Å². The molecule has 2 N–H and O–H groups in total. The van der Waals surface area contributed by atoms with E-state index in [-0.39, 0.29) is 17.9 Å². The number of carbonyl (C=O) groups is 2. The molecule has 0 aromatic heterocycles. The summed E-state index contributed by atoms with van der Waals surface area (Å²) in [5.41, 5.74) is 2.83. The lowest BCUT2D eigenvalue weighted by atomic mass is 9.85. The van der Waals surface area contributed by atoms with E-state index < -0.39 is 0 Å². The number of benzene rings is 2. The maximum absolute atomic E-state index is 12.4. The highest BCUT2D eigenvalue weighted by molar-refractivity contribution is 7.98. The molecule has 2 aromatic carbocycles. The molecule has 0 spiro atoms. The van der Waals surface area contributed by atoms with Crippen LogP contribution in [-0.4, -0.2) is 30.1 Å². The lowest BCUT2D eigenvalue weighted by molar-refractivity contribution is -0.122. The molecule has 1 fully saturated rings. The Morgan fingerprint density at radius 3 is 2.50 bits per heavy atom. The van der Waals surface area contributed by atoms with Crippen LogP contribution >= 0.6 is 11.8 Å². The molecule has 0 radical (unpaired) electrons. The topological polar surface area (TPSA) is 61.4 Å². The van der Waals surface area contributed by atoms with Crippen molar-refractivity contribution in [2.45, 2.75) is 37.2 Å². The number of urea groups is 1. The van der Waals surface area contributed by atoms with Crippen LogP contribution in [0.5, 0.6) is 0 Å². The van der Waals surface area contributed by atoms with Crippen LogP contribution in [0.15, 0.2) is 53.4 Å². The molecule has 0 saturated heterocycles. The molecule has 3 rings (SSSR count). The number of nitrogens with zero attached hydrogens (tertiary/aromatic N) is 1. The van der Waals surface area contributed by atoms with Crippen LogP contribution < -0.4 is 10.6 Å². The first-order valence-corrected chi connectivity index (χ1v) is 10.8. The maximum atomic E-state index is 12.4. The molecule has 0 heterocycles. The summed E-state index contributed by atoms with van der Waals surface area (Å²) in [7, 11) is 1.78. The number of hydrogen-bond donors (Lipinski definition) is 2. The number of hydrogen-bond acceptors (Lipinski definition) is 3. The smallest absolute Gasteiger partial charge is 0.317 e. The molecular formula is C22H27N3O2S. The Morgan fingerprint density at radius 2 is 1.86 bits per heavy atom. The van der Waals surface area contributed by atoms with Gasteiger partial charge in [-0.1, -0.05) is 30.7 Å². The van der Waals surface area contributed by atoms with Crippen LogP contribution in [0.2, 0.25) is 0 Å². The molecule has 2 aromatic rings. The fourth-order valence-corrected chi connectivity index (χ4v) is 3.47. The predicted octanol–water partition coefficient (Wildman–Crippen LogP) is 4.49. The lowest BCUT2D eigenvalue weighted by Crippen LogP contribution is -2.36. The van der Waals surface area contributed by atoms with E-state index in [1.54, 1.807) is 23.7 Å². The van der Waals surface area contributed by atoms with Gasteiger partial charge < -0.3 is 15.5 Å². The van der Waals surface area contributed by atoms with Crippen molar-refractivity contribution in [3.05, 3.63) is 59.7 Å². The van der Waals surface area contributed by atoms with Gasteiger partial charge in [0, 0.05) is 36.6 Å². The third-order valence-electron chi connectivity index (χ3n) is 5.04. The van der Waals surface area contributed by atoms with Crippen LogP contribution in [0.25, 0.3) is 0 Å². The van der Waals surface area contributed by atoms with Crippen molar-refractivity contribution in [3.63, 3.8) is 0 Å². The molecule has 28 heavy (non-hydrogen) atoms. The van der Waals surface area contributed by atoms with Gasteiger partial charge in [-0.15, -0.1) is 11.8 Å². The van der Waals surface area contributed by atoms with Gasteiger partial charge in [-0.25, -0.2) is 4.79 Å². The zero-order valence-corrected chi connectivity index (χ0v) is 17.2. The summed E-state index contributed by atoms with van der Waals surface area (Å²) < 4.78 is 0. The van der Waals surface area contributed by atoms with E-state index in [0.29, 0.717) is 13.1 Å². The molecule has 0 unspecified atom stereocenters. The van der Waals surface area contributed by atoms with Crippen LogP contribution in [0.3, 0.4) is 0 Å². The second-order valence-corrected chi connectivity index (χ2v) is 8.06. The first-order chi connectivity index (χ1) is 13.5. The van der Waals surface area contributed by atoms with Crippen LogP contribution in [0, 0.1) is 5.92 Å². The van der Waals surface area contributed by atoms with E-state index in [0.717, 1.165) is 36.1 Å². The molecule has 1 aliphatic carbocycles. The molecule has 5 nitrogen and oxygen atoms in total. The minimum atomic E-state index is -0.127. The van der Waals surface area contributed by atoms with E-state index in [9.17, 15) is 9.59 Å². The SMILES string of the molecule is CSc1ccc(CN(C)C(=O)NCc2cccc(NC(=O)C3CCC3)c2)cc1. The second-order valence-electron chi connectivity index (χ2n) is 7.18. The molecule has 148 valence electrons. The fourth-order valence-electron chi connectivity index (χ4n) is 3.06. The van der Waals surface area contributed by atoms with Crippen LogP contribution in [0.1, 0.15) is 30.4 Å². The van der Waals surface area contributed by atoms with Gasteiger partial charge >= 0.3 is 6.03 Å². The van der Waals surface area contributed by atoms with Gasteiger partial charge in [0.25, 0.3) is 0 Å². The fraction of sp³-hybridized carbons (Fsp3) is 0.364. The highest BCUT2D eigenvalue weighted by atomic mass is 32.2. The minimum Gasteiger partial charge on any atom is -0.334 e. The molecule has 0 aliphatic heterocycles. The second kappa shape index (κ2) is 9.64. The lowest BCUT2D eigenvalue weighted by Gasteiger charge is -2.24. The summed E-state index contributed by atoms with van der Waals surface area (Å²) in [5, 5.41) is 5.91. The Bertz CT molecular complexity index is 819. The highest BCUT2D eigenvalue weighted by Gasteiger charge is 2.25. The Hall–Kier alpha value is -2.47. The summed E-state index contributed by atoms with van der Waals surface area (Å²) >= 11 is 1.70. The third-order valence-corrected chi connectivity index (χ3v) is 5.78. The average molecular weight is 398 g/mol. The van der Waals surface area contributed by atoms with E-state index in [4.69, 9.17) is 0 Å². The molecular weight excluding hydrogens is 370 g/mol. The summed E-state index contributed by atoms with van der Waals surface area (Å²) in [5.74, 6) is 0.252. The Morgan fingerprint density at radius 1 is 1.11 bits per heavy atom. The zero-order chi connectivity index (χ0) is 19.9. The van der Waals surface area contributed by atoms with Gasteiger partial charge in [0.2, 0.25) is 5.91 Å². The monoisotopic (exact) mass is 397 g/mol. The van der Waals surface area contributed by atoms with Gasteiger partial charge in [0.15, 0.2) is 0 Å². The number of amides is 3. The predicted molar refractivity (Wildman–Crippen MR) is 114 cm³/mol. The summed E-state index contributed by atoms with van der Waals surface area (Å²) in [6.07, 6.45) is 5.14. The summed E-state index contributed by atoms with van der Waals surface area (Å²) in [4.78, 5) is 27.3. The number of thioether (sulfide) groups is 1. The summed E-state index contributed by atoms with van der Waals surface area (Å²) in [6.45, 7) is 0.972. The Balaban J connectivity index is 1.49. The van der Waals surface area contributed by atoms with Gasteiger partial charge in [-0.05, 0) is 54.5 Å². The maximum Gasteiger partial charge on any atom is 0.317 e. The van der Waals surface area contributed by atoms with E-state index in [2.05, 4.69) is 22.8 Å². The first-order valence-electron chi connectivity index (χ1n) is 9.57. The number of nitrogens with one attached hydrogen (secondary N) is 2. The van der Waals surface area contributed by atoms with Gasteiger partial charge in [-0.3, -0.25) is 4.79 Å². The quantitative estimate of drug-likeness (QED) is 0.677. The Labute approximate surface area is 170 Å². The molecule has 3 amide bonds. The van der Waals surface area contributed by atoms with Crippen molar-refractivity contribution in [1.29, 1.82) is 0 Å². The van der Waals surface area contributed by atoms with E-state index in [1.807, 2.05) is 42.7 Å². The molecule has 0 bridgehead atoms. The minimum absolute atomic E-state index is 0.0969. The molecule has 0 atom stereocenters. The number of carbonyl (C=O) groups excluding carboxylic acids is 2. The van der Waals surface area contributed by atoms with Crippen molar-refractivity contribution in [1.82, 2.24) is 10.2 Å². The normalized spacial score (nSPS) is 13.5. The van der Waals surface area contributed by atoms with E-state index >= 15 is 0 Å². The van der Waals surface area contributed by atoms with Crippen molar-refractivity contribution < 1.29 is 9.59 Å². The largest absolute Gasteiger partial charge is 0.334 e. The number of anilines is 1. The molecule has 1 saturated carbocycles. The standard InChI is InChI=1S/C22H27N3O2S/c1-25(15-16-9-11-20(28-2)12-10-16)22(27)23-14-17-5-3-8-19(13-17)24-21(26)18-6-4-7-18/h3,5,8-13,18H,4,6-7,14-15H2,1-2H3,(H,23,27)(H,24,26). The van der Waals surface area contributed by atoms with Crippen molar-refractivity contribution in [2.75, 3.05) is 18.6 Å². The number of rotatable bonds is 7. The van der Waals surface area contributed by atoms with Crippen LogP contribution in [-0.2, 0) is 17.9 Å². The van der Waals surface area contributed by atoms with Crippen molar-refractivity contribution in [3.8, 4) is 0 Å². The summed E-state index contributed by atoms with van der Waals surface area (Å²) in [6, 6.07) is 15.7. The zero-order valence-electron chi connectivity index (χ0n) is 16.4. The van der Waals surface area contributed by atoms with E-state index in [1.165, 1.54) is 4.90 Å². The van der Waals surface area contributed by atoms with Crippen LogP contribution in [0.4, 0.5) is 10.5 Å². The van der Waals surface area contributed by atoms with Crippen molar-refractivity contribution >= 4 is 29.4 Å².